The first-order chi connectivity index (χ1) is 16.0. The summed E-state index contributed by atoms with van der Waals surface area (Å²) in [5.74, 6) is -1.07. The maximum atomic E-state index is 14.5. The summed E-state index contributed by atoms with van der Waals surface area (Å²) in [6, 6.07) is 12.2. The third kappa shape index (κ3) is 4.95. The number of carboxylic acids is 1. The van der Waals surface area contributed by atoms with E-state index in [9.17, 15) is 19.6 Å². The number of nitrogens with zero attached hydrogens (tertiary/aromatic N) is 2. The molecule has 4 rings (SSSR count). The van der Waals surface area contributed by atoms with Crippen LogP contribution in [-0.2, 0) is 19.4 Å². The monoisotopic (exact) mass is 446 g/mol. The van der Waals surface area contributed by atoms with E-state index in [1.165, 1.54) is 38.2 Å². The van der Waals surface area contributed by atoms with Crippen molar-refractivity contribution in [1.82, 2.24) is 4.57 Å². The summed E-state index contributed by atoms with van der Waals surface area (Å²) < 4.78 is 16.6. The normalized spacial score (nSPS) is 15.7. The molecule has 2 aromatic carbocycles. The molecule has 1 aromatic heterocycles. The number of carbonyl (C=O) groups is 1. The first-order valence-corrected chi connectivity index (χ1v) is 12.1. The van der Waals surface area contributed by atoms with Crippen LogP contribution < -0.4 is 0 Å². The van der Waals surface area contributed by atoms with E-state index in [-0.39, 0.29) is 5.56 Å². The Morgan fingerprint density at radius 2 is 2.09 bits per heavy atom. The fraction of sp³-hybridized carbons (Fsp3) is 0.429. The van der Waals surface area contributed by atoms with Gasteiger partial charge < -0.3 is 9.67 Å². The minimum absolute atomic E-state index is 0.00834. The molecule has 3 aromatic rings. The number of aryl methyl sites for hydroxylation is 1. The molecular formula is C28H31FN2O2. The fourth-order valence-corrected chi connectivity index (χ4v) is 5.39. The van der Waals surface area contributed by atoms with Gasteiger partial charge in [0.2, 0.25) is 0 Å². The van der Waals surface area contributed by atoms with Crippen LogP contribution in [0.3, 0.4) is 0 Å². The van der Waals surface area contributed by atoms with Crippen LogP contribution in [0.4, 0.5) is 4.39 Å². The number of hydrogen-bond donors (Lipinski definition) is 1. The lowest BCUT2D eigenvalue weighted by Gasteiger charge is -2.18. The van der Waals surface area contributed by atoms with Crippen molar-refractivity contribution in [1.29, 1.82) is 5.26 Å². The summed E-state index contributed by atoms with van der Waals surface area (Å²) in [4.78, 5) is 12.1. The van der Waals surface area contributed by atoms with Crippen molar-refractivity contribution in [3.63, 3.8) is 0 Å². The number of rotatable bonds is 8. The fourth-order valence-electron chi connectivity index (χ4n) is 5.39. The van der Waals surface area contributed by atoms with Crippen molar-refractivity contribution in [3.05, 3.63) is 70.2 Å². The summed E-state index contributed by atoms with van der Waals surface area (Å²) in [5.41, 5.74) is 4.36. The second-order valence-electron chi connectivity index (χ2n) is 9.29. The number of hydrogen-bond acceptors (Lipinski definition) is 2. The lowest BCUT2D eigenvalue weighted by molar-refractivity contribution is 0.0698. The van der Waals surface area contributed by atoms with E-state index >= 15 is 0 Å². The highest BCUT2D eigenvalue weighted by Gasteiger charge is 2.27. The molecule has 0 spiro atoms. The smallest absolute Gasteiger partial charge is 0.337 e. The van der Waals surface area contributed by atoms with Gasteiger partial charge in [0.1, 0.15) is 5.82 Å². The number of nitriles is 1. The van der Waals surface area contributed by atoms with Crippen LogP contribution >= 0.6 is 0 Å². The Hall–Kier alpha value is -3.13. The van der Waals surface area contributed by atoms with Gasteiger partial charge in [-0.25, -0.2) is 9.18 Å². The van der Waals surface area contributed by atoms with E-state index in [1.807, 2.05) is 18.2 Å². The number of aromatic carboxylic acids is 1. The summed E-state index contributed by atoms with van der Waals surface area (Å²) in [6.45, 7) is 2.69. The van der Waals surface area contributed by atoms with Crippen molar-refractivity contribution < 1.29 is 14.3 Å². The highest BCUT2D eigenvalue weighted by Crippen LogP contribution is 2.37. The number of aromatic nitrogens is 1. The molecule has 0 aliphatic heterocycles. The Bertz CT molecular complexity index is 1200. The molecule has 5 heteroatoms. The van der Waals surface area contributed by atoms with Gasteiger partial charge in [-0.1, -0.05) is 51.2 Å². The molecule has 1 N–H and O–H groups in total. The van der Waals surface area contributed by atoms with Crippen molar-refractivity contribution in [3.8, 4) is 6.07 Å². The number of fused-ring (bicyclic) bond motifs is 3. The van der Waals surface area contributed by atoms with E-state index in [1.54, 1.807) is 6.07 Å². The van der Waals surface area contributed by atoms with Crippen LogP contribution in [-0.4, -0.2) is 15.6 Å². The summed E-state index contributed by atoms with van der Waals surface area (Å²) >= 11 is 0. The van der Waals surface area contributed by atoms with Gasteiger partial charge >= 0.3 is 5.97 Å². The Labute approximate surface area is 194 Å². The van der Waals surface area contributed by atoms with Gasteiger partial charge in [0, 0.05) is 17.6 Å². The highest BCUT2D eigenvalue weighted by molar-refractivity contribution is 6.04. The molecular weight excluding hydrogens is 415 g/mol. The molecule has 0 saturated heterocycles. The first-order valence-electron chi connectivity index (χ1n) is 12.1. The lowest BCUT2D eigenvalue weighted by atomic mass is 9.93. The minimum atomic E-state index is -1.12. The number of benzene rings is 2. The number of halogens is 1. The van der Waals surface area contributed by atoms with Crippen LogP contribution in [0.15, 0.2) is 36.4 Å². The average Bonchev–Trinajstić information content (AvgIpc) is 2.95. The SMILES string of the molecule is CCCCCCC1CCCc2c(n(Cc3cccc(C#N)c3)c3c(C(=O)O)cc(F)cc23)C1. The van der Waals surface area contributed by atoms with Crippen LogP contribution in [0.25, 0.3) is 10.9 Å². The molecule has 1 atom stereocenters. The lowest BCUT2D eigenvalue weighted by Crippen LogP contribution is -2.12. The summed E-state index contributed by atoms with van der Waals surface area (Å²) in [5, 5.41) is 19.9. The molecule has 4 nitrogen and oxygen atoms in total. The molecule has 0 saturated carbocycles. The Balaban J connectivity index is 1.82. The molecule has 1 aliphatic rings. The molecule has 0 bridgehead atoms. The predicted octanol–water partition coefficient (Wildman–Crippen LogP) is 6.86. The van der Waals surface area contributed by atoms with Crippen molar-refractivity contribution in [2.75, 3.05) is 0 Å². The Morgan fingerprint density at radius 1 is 1.24 bits per heavy atom. The third-order valence-corrected chi connectivity index (χ3v) is 6.96. The Morgan fingerprint density at radius 3 is 2.85 bits per heavy atom. The van der Waals surface area contributed by atoms with E-state index in [0.29, 0.717) is 23.5 Å². The summed E-state index contributed by atoms with van der Waals surface area (Å²) in [6.07, 6.45) is 10.0. The molecule has 0 fully saturated rings. The maximum Gasteiger partial charge on any atom is 0.337 e. The zero-order valence-electron chi connectivity index (χ0n) is 19.2. The maximum absolute atomic E-state index is 14.5. The van der Waals surface area contributed by atoms with Crippen molar-refractivity contribution in [2.45, 2.75) is 71.3 Å². The van der Waals surface area contributed by atoms with E-state index in [4.69, 9.17) is 0 Å². The molecule has 1 unspecified atom stereocenters. The summed E-state index contributed by atoms with van der Waals surface area (Å²) in [7, 11) is 0. The minimum Gasteiger partial charge on any atom is -0.478 e. The van der Waals surface area contributed by atoms with Gasteiger partial charge in [0.15, 0.2) is 0 Å². The first kappa shape index (κ1) is 23.0. The molecule has 172 valence electrons. The standard InChI is InChI=1S/C28H31FN2O2/c1-2-3-4-5-8-19-9-7-12-23-24-15-22(29)16-25(28(32)33)27(24)31(26(23)14-19)18-21-11-6-10-20(13-21)17-30/h6,10-11,13,15-16,19H,2-5,7-9,12,14,18H2,1H3,(H,32,33). The molecule has 0 amide bonds. The Kier molecular flexibility index (Phi) is 7.13. The quantitative estimate of drug-likeness (QED) is 0.303. The van der Waals surface area contributed by atoms with Gasteiger partial charge in [0.05, 0.1) is 22.7 Å². The number of carboxylic acid groups (broad SMARTS) is 1. The van der Waals surface area contributed by atoms with E-state index in [0.717, 1.165) is 54.0 Å². The van der Waals surface area contributed by atoms with Gasteiger partial charge in [-0.2, -0.15) is 5.26 Å². The second-order valence-corrected chi connectivity index (χ2v) is 9.29. The zero-order chi connectivity index (χ0) is 23.4. The van der Waals surface area contributed by atoms with Crippen LogP contribution in [0, 0.1) is 23.1 Å². The second kappa shape index (κ2) is 10.2. The van der Waals surface area contributed by atoms with E-state index < -0.39 is 11.8 Å². The van der Waals surface area contributed by atoms with Crippen molar-refractivity contribution in [2.24, 2.45) is 5.92 Å². The van der Waals surface area contributed by atoms with Crippen molar-refractivity contribution >= 4 is 16.9 Å². The predicted molar refractivity (Wildman–Crippen MR) is 128 cm³/mol. The van der Waals surface area contributed by atoms with Crippen LogP contribution in [0.1, 0.15) is 84.6 Å². The molecule has 33 heavy (non-hydrogen) atoms. The van der Waals surface area contributed by atoms with Crippen LogP contribution in [0.5, 0.6) is 0 Å². The van der Waals surface area contributed by atoms with Gasteiger partial charge in [-0.3, -0.25) is 0 Å². The topological polar surface area (TPSA) is 66.0 Å². The largest absolute Gasteiger partial charge is 0.478 e. The van der Waals surface area contributed by atoms with Gasteiger partial charge in [-0.05, 0) is 67.0 Å². The van der Waals surface area contributed by atoms with Gasteiger partial charge in [0.25, 0.3) is 0 Å². The molecule has 1 heterocycles. The number of unbranched alkanes of at least 4 members (excludes halogenated alkanes) is 3. The van der Waals surface area contributed by atoms with E-state index in [2.05, 4.69) is 17.6 Å². The molecule has 0 radical (unpaired) electrons. The third-order valence-electron chi connectivity index (χ3n) is 6.96. The zero-order valence-corrected chi connectivity index (χ0v) is 19.2. The molecule has 1 aliphatic carbocycles. The van der Waals surface area contributed by atoms with Gasteiger partial charge in [-0.15, -0.1) is 0 Å². The van der Waals surface area contributed by atoms with Crippen LogP contribution in [0.2, 0.25) is 0 Å². The highest BCUT2D eigenvalue weighted by atomic mass is 19.1. The average molecular weight is 447 g/mol.